The number of ether oxygens (including phenoxy) is 1. The van der Waals surface area contributed by atoms with Crippen molar-refractivity contribution in [2.75, 3.05) is 7.11 Å². The van der Waals surface area contributed by atoms with Gasteiger partial charge in [0, 0.05) is 6.07 Å². The minimum atomic E-state index is -0.765. The van der Waals surface area contributed by atoms with Crippen LogP contribution in [0, 0.1) is 5.92 Å². The van der Waals surface area contributed by atoms with Crippen molar-refractivity contribution in [2.45, 2.75) is 26.4 Å². The predicted molar refractivity (Wildman–Crippen MR) is 90.6 cm³/mol. The van der Waals surface area contributed by atoms with E-state index < -0.39 is 17.9 Å². The fraction of sp³-hybridized carbons (Fsp3) is 0.375. The molecule has 0 aliphatic carbocycles. The molecule has 0 bridgehead atoms. The highest BCUT2D eigenvalue weighted by Crippen LogP contribution is 2.20. The topological polar surface area (TPSA) is 90.3 Å². The summed E-state index contributed by atoms with van der Waals surface area (Å²) in [4.78, 5) is 36.7. The average molecular weight is 349 g/mol. The molecule has 2 aromatic heterocycles. The Hall–Kier alpha value is -2.48. The lowest BCUT2D eigenvalue weighted by atomic mass is 10.0. The van der Waals surface area contributed by atoms with Crippen molar-refractivity contribution < 1.29 is 14.3 Å². The minimum Gasteiger partial charge on any atom is -0.467 e. The summed E-state index contributed by atoms with van der Waals surface area (Å²) in [5.41, 5.74) is 0.232. The third kappa shape index (κ3) is 4.29. The lowest BCUT2D eigenvalue weighted by Gasteiger charge is -2.19. The molecule has 0 fully saturated rings. The number of nitrogens with zero attached hydrogens (tertiary/aromatic N) is 2. The molecule has 24 heavy (non-hydrogen) atoms. The molecule has 2 heterocycles. The summed E-state index contributed by atoms with van der Waals surface area (Å²) in [5, 5.41) is 8.70. The van der Waals surface area contributed by atoms with Crippen molar-refractivity contribution >= 4 is 23.2 Å². The fourth-order valence-corrected chi connectivity index (χ4v) is 2.79. The van der Waals surface area contributed by atoms with Gasteiger partial charge in [0.2, 0.25) is 5.91 Å². The van der Waals surface area contributed by atoms with Crippen molar-refractivity contribution in [1.82, 2.24) is 15.1 Å². The molecule has 0 aliphatic heterocycles. The SMILES string of the molecule is COC(=O)[C@H](NC(=O)Cn1nc(-c2cccs2)ccc1=O)C(C)C. The van der Waals surface area contributed by atoms with Gasteiger partial charge < -0.3 is 10.1 Å². The normalized spacial score (nSPS) is 12.0. The van der Waals surface area contributed by atoms with E-state index in [1.54, 1.807) is 19.9 Å². The van der Waals surface area contributed by atoms with Gasteiger partial charge in [-0.3, -0.25) is 9.59 Å². The van der Waals surface area contributed by atoms with Gasteiger partial charge >= 0.3 is 5.97 Å². The number of hydrogen-bond donors (Lipinski definition) is 1. The molecule has 7 nitrogen and oxygen atoms in total. The van der Waals surface area contributed by atoms with Crippen LogP contribution in [-0.2, 0) is 20.9 Å². The summed E-state index contributed by atoms with van der Waals surface area (Å²) in [5.74, 6) is -1.13. The quantitative estimate of drug-likeness (QED) is 0.794. The van der Waals surface area contributed by atoms with Gasteiger partial charge in [-0.1, -0.05) is 19.9 Å². The molecule has 2 aromatic rings. The molecule has 0 unspecified atom stereocenters. The summed E-state index contributed by atoms with van der Waals surface area (Å²) in [6, 6.07) is 5.99. The van der Waals surface area contributed by atoms with Crippen LogP contribution < -0.4 is 10.9 Å². The third-order valence-corrected chi connectivity index (χ3v) is 4.26. The number of esters is 1. The smallest absolute Gasteiger partial charge is 0.328 e. The number of aromatic nitrogens is 2. The number of amides is 1. The van der Waals surface area contributed by atoms with Crippen LogP contribution in [0.3, 0.4) is 0 Å². The Morgan fingerprint density at radius 1 is 1.33 bits per heavy atom. The van der Waals surface area contributed by atoms with Gasteiger partial charge in [0.25, 0.3) is 5.56 Å². The number of rotatable bonds is 6. The molecule has 2 rings (SSSR count). The van der Waals surface area contributed by atoms with Crippen LogP contribution >= 0.6 is 11.3 Å². The van der Waals surface area contributed by atoms with E-state index in [0.717, 1.165) is 9.56 Å². The maximum absolute atomic E-state index is 12.2. The average Bonchev–Trinajstić information content (AvgIpc) is 3.08. The molecular formula is C16H19N3O4S. The number of nitrogens with one attached hydrogen (secondary N) is 1. The molecule has 128 valence electrons. The zero-order chi connectivity index (χ0) is 17.7. The van der Waals surface area contributed by atoms with Crippen LogP contribution in [0.5, 0.6) is 0 Å². The van der Waals surface area contributed by atoms with Crippen LogP contribution in [0.2, 0.25) is 0 Å². The maximum atomic E-state index is 12.2. The van der Waals surface area contributed by atoms with Crippen LogP contribution in [-0.4, -0.2) is 34.8 Å². The monoisotopic (exact) mass is 349 g/mol. The summed E-state index contributed by atoms with van der Waals surface area (Å²) in [6.45, 7) is 3.33. The number of carbonyl (C=O) groups excluding carboxylic acids is 2. The highest BCUT2D eigenvalue weighted by molar-refractivity contribution is 7.13. The van der Waals surface area contributed by atoms with Crippen LogP contribution in [0.15, 0.2) is 34.4 Å². The minimum absolute atomic E-state index is 0.136. The van der Waals surface area contributed by atoms with Crippen molar-refractivity contribution in [1.29, 1.82) is 0 Å². The second-order valence-corrected chi connectivity index (χ2v) is 6.45. The molecule has 1 N–H and O–H groups in total. The van der Waals surface area contributed by atoms with Crippen molar-refractivity contribution in [3.63, 3.8) is 0 Å². The largest absolute Gasteiger partial charge is 0.467 e. The number of methoxy groups -OCH3 is 1. The fourth-order valence-electron chi connectivity index (χ4n) is 2.10. The number of thiophene rings is 1. The Kier molecular flexibility index (Phi) is 5.86. The highest BCUT2D eigenvalue weighted by Gasteiger charge is 2.25. The zero-order valence-electron chi connectivity index (χ0n) is 13.7. The summed E-state index contributed by atoms with van der Waals surface area (Å²) < 4.78 is 5.76. The molecule has 0 radical (unpaired) electrons. The molecule has 1 atom stereocenters. The van der Waals surface area contributed by atoms with E-state index in [1.807, 2.05) is 17.5 Å². The van der Waals surface area contributed by atoms with Crippen LogP contribution in [0.1, 0.15) is 13.8 Å². The van der Waals surface area contributed by atoms with Crippen molar-refractivity contribution in [2.24, 2.45) is 5.92 Å². The molecular weight excluding hydrogens is 330 g/mol. The lowest BCUT2D eigenvalue weighted by Crippen LogP contribution is -2.47. The molecule has 0 aliphatic rings. The number of carbonyl (C=O) groups is 2. The first-order chi connectivity index (χ1) is 11.4. The van der Waals surface area contributed by atoms with E-state index in [1.165, 1.54) is 24.5 Å². The Morgan fingerprint density at radius 2 is 2.08 bits per heavy atom. The van der Waals surface area contributed by atoms with Gasteiger partial charge in [0.1, 0.15) is 18.3 Å². The highest BCUT2D eigenvalue weighted by atomic mass is 32.1. The van der Waals surface area contributed by atoms with Gasteiger partial charge in [-0.15, -0.1) is 11.3 Å². The zero-order valence-corrected chi connectivity index (χ0v) is 14.5. The lowest BCUT2D eigenvalue weighted by molar-refractivity contribution is -0.146. The Labute approximate surface area is 143 Å². The van der Waals surface area contributed by atoms with E-state index in [2.05, 4.69) is 15.2 Å². The predicted octanol–water partition coefficient (Wildman–Crippen LogP) is 1.29. The first kappa shape index (κ1) is 17.9. The van der Waals surface area contributed by atoms with Crippen LogP contribution in [0.25, 0.3) is 10.6 Å². The van der Waals surface area contributed by atoms with E-state index in [4.69, 9.17) is 0 Å². The van der Waals surface area contributed by atoms with E-state index >= 15 is 0 Å². The number of hydrogen-bond acceptors (Lipinski definition) is 6. The van der Waals surface area contributed by atoms with E-state index in [-0.39, 0.29) is 18.0 Å². The Bertz CT molecular complexity index is 768. The standard InChI is InChI=1S/C16H19N3O4S/c1-10(2)15(16(22)23-3)17-13(20)9-19-14(21)7-6-11(18-19)12-5-4-8-24-12/h4-8,10,15H,9H2,1-3H3,(H,17,20)/t15-/m1/s1. The summed E-state index contributed by atoms with van der Waals surface area (Å²) >= 11 is 1.49. The van der Waals surface area contributed by atoms with Gasteiger partial charge in [0.05, 0.1) is 12.0 Å². The summed E-state index contributed by atoms with van der Waals surface area (Å²) in [7, 11) is 1.26. The van der Waals surface area contributed by atoms with Crippen LogP contribution in [0.4, 0.5) is 0 Å². The van der Waals surface area contributed by atoms with E-state index in [0.29, 0.717) is 5.69 Å². The third-order valence-electron chi connectivity index (χ3n) is 3.37. The molecule has 0 saturated carbocycles. The maximum Gasteiger partial charge on any atom is 0.328 e. The van der Waals surface area contributed by atoms with Gasteiger partial charge in [-0.25, -0.2) is 9.48 Å². The molecule has 0 saturated heterocycles. The van der Waals surface area contributed by atoms with Gasteiger partial charge in [0.15, 0.2) is 0 Å². The Morgan fingerprint density at radius 3 is 2.67 bits per heavy atom. The molecule has 0 spiro atoms. The van der Waals surface area contributed by atoms with Crippen molar-refractivity contribution in [3.05, 3.63) is 40.0 Å². The first-order valence-corrected chi connectivity index (χ1v) is 8.29. The molecule has 1 amide bonds. The van der Waals surface area contributed by atoms with Gasteiger partial charge in [-0.05, 0) is 23.4 Å². The van der Waals surface area contributed by atoms with E-state index in [9.17, 15) is 14.4 Å². The van der Waals surface area contributed by atoms with Gasteiger partial charge in [-0.2, -0.15) is 5.10 Å². The second-order valence-electron chi connectivity index (χ2n) is 5.50. The molecule has 8 heteroatoms. The second kappa shape index (κ2) is 7.87. The first-order valence-electron chi connectivity index (χ1n) is 7.41. The molecule has 0 aromatic carbocycles. The van der Waals surface area contributed by atoms with Crippen molar-refractivity contribution in [3.8, 4) is 10.6 Å². The Balaban J connectivity index is 2.15. The summed E-state index contributed by atoms with van der Waals surface area (Å²) in [6.07, 6.45) is 0.